The van der Waals surface area contributed by atoms with E-state index in [1.54, 1.807) is 24.3 Å². The predicted octanol–water partition coefficient (Wildman–Crippen LogP) is 2.51. The highest BCUT2D eigenvalue weighted by atomic mass is 16.4. The van der Waals surface area contributed by atoms with Crippen molar-refractivity contribution < 1.29 is 24.3 Å². The van der Waals surface area contributed by atoms with Gasteiger partial charge in [0.05, 0.1) is 0 Å². The number of rotatable bonds is 5. The Labute approximate surface area is 169 Å². The number of fused-ring (bicyclic) bond motifs is 4. The van der Waals surface area contributed by atoms with E-state index < -0.39 is 12.0 Å². The molecule has 0 saturated carbocycles. The van der Waals surface area contributed by atoms with E-state index in [0.717, 1.165) is 10.8 Å². The second-order valence-corrected chi connectivity index (χ2v) is 6.82. The molecule has 1 amide bonds. The van der Waals surface area contributed by atoms with Crippen molar-refractivity contribution in [3.63, 3.8) is 0 Å². The van der Waals surface area contributed by atoms with Gasteiger partial charge in [0.15, 0.2) is 11.3 Å². The van der Waals surface area contributed by atoms with Crippen molar-refractivity contribution >= 4 is 39.4 Å². The number of carboxylic acid groups (broad SMARTS) is 1. The number of benzene rings is 3. The van der Waals surface area contributed by atoms with Crippen molar-refractivity contribution in [3.8, 4) is 11.5 Å². The molecule has 0 fully saturated rings. The maximum Gasteiger partial charge on any atom is 0.320 e. The fourth-order valence-electron chi connectivity index (χ4n) is 3.23. The normalized spacial score (nSPS) is 13.0. The van der Waals surface area contributed by atoms with Gasteiger partial charge in [-0.15, -0.1) is 0 Å². The summed E-state index contributed by atoms with van der Waals surface area (Å²) < 4.78 is 5.97. The van der Waals surface area contributed by atoms with Gasteiger partial charge in [0.2, 0.25) is 5.91 Å². The number of hydrogen-bond acceptors (Lipinski definition) is 7. The molecule has 9 heteroatoms. The smallest absolute Gasteiger partial charge is 0.320 e. The zero-order chi connectivity index (χ0) is 21.3. The summed E-state index contributed by atoms with van der Waals surface area (Å²) in [6.45, 7) is 0. The molecule has 0 radical (unpaired) electrons. The molecule has 0 bridgehead atoms. The van der Waals surface area contributed by atoms with Crippen molar-refractivity contribution in [1.82, 2.24) is 4.98 Å². The van der Waals surface area contributed by atoms with Crippen LogP contribution in [0.2, 0.25) is 0 Å². The Balaban J connectivity index is 1.69. The van der Waals surface area contributed by atoms with Gasteiger partial charge in [0.1, 0.15) is 22.6 Å². The van der Waals surface area contributed by atoms with Crippen LogP contribution in [0.15, 0.2) is 58.1 Å². The summed E-state index contributed by atoms with van der Waals surface area (Å²) in [6, 6.07) is 13.0. The molecule has 152 valence electrons. The molecule has 1 heterocycles. The number of nitrogens with two attached hydrogens (primary N) is 1. The van der Waals surface area contributed by atoms with E-state index in [-0.39, 0.29) is 18.7 Å². The van der Waals surface area contributed by atoms with Crippen LogP contribution in [0.25, 0.3) is 33.3 Å². The van der Waals surface area contributed by atoms with E-state index in [4.69, 9.17) is 15.3 Å². The highest BCUT2D eigenvalue weighted by Gasteiger charge is 2.16. The van der Waals surface area contributed by atoms with Crippen LogP contribution >= 0.6 is 0 Å². The molecule has 2 aromatic rings. The first-order valence-electron chi connectivity index (χ1n) is 9.19. The Kier molecular flexibility index (Phi) is 5.03. The second kappa shape index (κ2) is 7.80. The molecule has 0 saturated heterocycles. The van der Waals surface area contributed by atoms with Crippen LogP contribution in [0.1, 0.15) is 12.8 Å². The summed E-state index contributed by atoms with van der Waals surface area (Å²) in [5.41, 5.74) is 7.55. The molecule has 1 unspecified atom stereocenters. The molecule has 0 aromatic heterocycles. The van der Waals surface area contributed by atoms with E-state index in [0.29, 0.717) is 33.6 Å². The van der Waals surface area contributed by atoms with Crippen molar-refractivity contribution in [2.75, 3.05) is 5.32 Å². The SMILES string of the molecule is NC(CCC(=O)Nc1ccc2nc3c4ccccc4c(=NO)cc-3oc2c1)C(=O)O. The van der Waals surface area contributed by atoms with Crippen LogP contribution in [0.5, 0.6) is 0 Å². The molecule has 1 atom stereocenters. The summed E-state index contributed by atoms with van der Waals surface area (Å²) in [4.78, 5) is 27.5. The van der Waals surface area contributed by atoms with E-state index in [2.05, 4.69) is 15.5 Å². The van der Waals surface area contributed by atoms with Crippen LogP contribution < -0.4 is 16.4 Å². The molecule has 30 heavy (non-hydrogen) atoms. The Morgan fingerprint density at radius 3 is 2.67 bits per heavy atom. The molecule has 0 spiro atoms. The third kappa shape index (κ3) is 3.65. The van der Waals surface area contributed by atoms with Gasteiger partial charge in [0.25, 0.3) is 0 Å². The lowest BCUT2D eigenvalue weighted by atomic mass is 10.0. The lowest BCUT2D eigenvalue weighted by molar-refractivity contribution is -0.138. The molecule has 5 N–H and O–H groups in total. The summed E-state index contributed by atoms with van der Waals surface area (Å²) in [6.07, 6.45) is 0.0117. The van der Waals surface area contributed by atoms with Gasteiger partial charge >= 0.3 is 5.97 Å². The lowest BCUT2D eigenvalue weighted by Gasteiger charge is -2.11. The standard InChI is InChI=1S/C21H18N4O5/c22-14(21(27)28)6-8-19(26)23-11-5-7-15-17(9-11)30-18-10-16(25-29)12-3-1-2-4-13(12)20(18)24-15/h1-5,7,9-10,14,29H,6,8,22H2,(H,23,26)(H,27,28). The first-order chi connectivity index (χ1) is 14.5. The van der Waals surface area contributed by atoms with Gasteiger partial charge in [-0.3, -0.25) is 9.59 Å². The molecule has 1 aliphatic heterocycles. The van der Waals surface area contributed by atoms with Crippen LogP contribution in [0.3, 0.4) is 0 Å². The fourth-order valence-corrected chi connectivity index (χ4v) is 3.23. The van der Waals surface area contributed by atoms with Gasteiger partial charge in [0, 0.05) is 35.0 Å². The van der Waals surface area contributed by atoms with Crippen molar-refractivity contribution in [1.29, 1.82) is 0 Å². The second-order valence-electron chi connectivity index (χ2n) is 6.82. The summed E-state index contributed by atoms with van der Waals surface area (Å²) in [7, 11) is 0. The van der Waals surface area contributed by atoms with Gasteiger partial charge in [-0.2, -0.15) is 0 Å². The monoisotopic (exact) mass is 406 g/mol. The summed E-state index contributed by atoms with van der Waals surface area (Å²) in [5.74, 6) is -1.07. The Hall–Kier alpha value is -3.98. The number of hydrogen-bond donors (Lipinski definition) is 4. The van der Waals surface area contributed by atoms with Crippen LogP contribution in [0.4, 0.5) is 5.69 Å². The molecule has 4 rings (SSSR count). The van der Waals surface area contributed by atoms with Gasteiger partial charge in [-0.1, -0.05) is 29.4 Å². The van der Waals surface area contributed by atoms with E-state index in [1.165, 1.54) is 0 Å². The predicted molar refractivity (Wildman–Crippen MR) is 109 cm³/mol. The molecule has 9 nitrogen and oxygen atoms in total. The first kappa shape index (κ1) is 19.3. The number of carbonyl (C=O) groups is 2. The minimum absolute atomic E-state index is 0.0219. The van der Waals surface area contributed by atoms with Gasteiger partial charge in [-0.25, -0.2) is 4.98 Å². The minimum atomic E-state index is -1.15. The average molecular weight is 406 g/mol. The first-order valence-corrected chi connectivity index (χ1v) is 9.19. The minimum Gasteiger partial charge on any atom is -0.480 e. The van der Waals surface area contributed by atoms with Crippen LogP contribution in [0, 0.1) is 0 Å². The Bertz CT molecular complexity index is 1310. The number of nitrogens with one attached hydrogen (secondary N) is 1. The average Bonchev–Trinajstić information content (AvgIpc) is 2.75. The van der Waals surface area contributed by atoms with Crippen molar-refractivity contribution in [2.45, 2.75) is 18.9 Å². The number of aromatic nitrogens is 1. The number of anilines is 1. The number of carboxylic acids is 1. The highest BCUT2D eigenvalue weighted by Crippen LogP contribution is 2.31. The molecule has 2 aliphatic rings. The molecule has 2 aromatic carbocycles. The van der Waals surface area contributed by atoms with Crippen LogP contribution in [-0.2, 0) is 9.59 Å². The quantitative estimate of drug-likeness (QED) is 0.172. The Morgan fingerprint density at radius 2 is 1.93 bits per heavy atom. The number of amides is 1. The summed E-state index contributed by atoms with van der Waals surface area (Å²) >= 11 is 0. The van der Waals surface area contributed by atoms with Crippen molar-refractivity contribution in [3.05, 3.63) is 53.9 Å². The lowest BCUT2D eigenvalue weighted by Crippen LogP contribution is -2.31. The van der Waals surface area contributed by atoms with E-state index in [1.807, 2.05) is 24.3 Å². The summed E-state index contributed by atoms with van der Waals surface area (Å²) in [5, 5.41) is 26.1. The van der Waals surface area contributed by atoms with Crippen LogP contribution in [-0.4, -0.2) is 33.2 Å². The van der Waals surface area contributed by atoms with Gasteiger partial charge in [-0.05, 0) is 18.6 Å². The number of carbonyl (C=O) groups excluding carboxylic acids is 1. The van der Waals surface area contributed by atoms with E-state index >= 15 is 0 Å². The molecular formula is C21H18N4O5. The van der Waals surface area contributed by atoms with Crippen molar-refractivity contribution in [2.24, 2.45) is 10.9 Å². The largest absolute Gasteiger partial charge is 0.480 e. The molecule has 1 aliphatic carbocycles. The fraction of sp³-hybridized carbons (Fsp3) is 0.143. The number of aliphatic carboxylic acids is 1. The highest BCUT2D eigenvalue weighted by molar-refractivity contribution is 5.97. The topological polar surface area (TPSA) is 151 Å². The molecular weight excluding hydrogens is 388 g/mol. The van der Waals surface area contributed by atoms with Gasteiger partial charge < -0.3 is 25.8 Å². The third-order valence-corrected chi connectivity index (χ3v) is 4.76. The van der Waals surface area contributed by atoms with E-state index in [9.17, 15) is 14.8 Å². The zero-order valence-electron chi connectivity index (χ0n) is 15.7. The third-order valence-electron chi connectivity index (χ3n) is 4.76. The maximum absolute atomic E-state index is 12.1. The Morgan fingerprint density at radius 1 is 1.17 bits per heavy atom. The maximum atomic E-state index is 12.1. The number of nitrogens with zero attached hydrogens (tertiary/aromatic N) is 2. The zero-order valence-corrected chi connectivity index (χ0v) is 15.7.